The largest absolute Gasteiger partial charge is 0.416 e. The lowest BCUT2D eigenvalue weighted by molar-refractivity contribution is -0.137. The van der Waals surface area contributed by atoms with Crippen LogP contribution in [-0.2, 0) is 19.0 Å². The van der Waals surface area contributed by atoms with Crippen LogP contribution in [0.2, 0.25) is 5.15 Å². The van der Waals surface area contributed by atoms with E-state index < -0.39 is 11.7 Å². The van der Waals surface area contributed by atoms with Gasteiger partial charge >= 0.3 is 6.18 Å². The number of hydrogen-bond donors (Lipinski definition) is 3. The van der Waals surface area contributed by atoms with Gasteiger partial charge in [-0.3, -0.25) is 0 Å². The highest BCUT2D eigenvalue weighted by Gasteiger charge is 2.32. The van der Waals surface area contributed by atoms with Gasteiger partial charge in [0, 0.05) is 48.5 Å². The summed E-state index contributed by atoms with van der Waals surface area (Å²) in [4.78, 5) is 7.04. The van der Waals surface area contributed by atoms with Gasteiger partial charge in [0.25, 0.3) is 0 Å². The fourth-order valence-corrected chi connectivity index (χ4v) is 6.28. The molecule has 0 bridgehead atoms. The van der Waals surface area contributed by atoms with Gasteiger partial charge in [0.05, 0.1) is 5.56 Å². The summed E-state index contributed by atoms with van der Waals surface area (Å²) in [5, 5.41) is 6.87. The van der Waals surface area contributed by atoms with Gasteiger partial charge in [0.15, 0.2) is 0 Å². The summed E-state index contributed by atoms with van der Waals surface area (Å²) in [7, 11) is 0. The number of piperazine rings is 1. The average Bonchev–Trinajstić information content (AvgIpc) is 3.36. The van der Waals surface area contributed by atoms with E-state index in [4.69, 9.17) is 17.3 Å². The van der Waals surface area contributed by atoms with Gasteiger partial charge in [-0.05, 0) is 103 Å². The van der Waals surface area contributed by atoms with E-state index in [9.17, 15) is 13.2 Å². The molecule has 1 fully saturated rings. The number of nitrogens with zero attached hydrogens (tertiary/aromatic N) is 3. The van der Waals surface area contributed by atoms with E-state index in [1.807, 2.05) is 17.0 Å². The highest BCUT2D eigenvalue weighted by molar-refractivity contribution is 7.97. The molecule has 0 spiro atoms. The summed E-state index contributed by atoms with van der Waals surface area (Å²) >= 11 is 7.50. The third-order valence-electron chi connectivity index (χ3n) is 7.36. The molecule has 2 aliphatic rings. The van der Waals surface area contributed by atoms with E-state index >= 15 is 0 Å². The molecule has 6 nitrogen and oxygen atoms in total. The molecule has 0 amide bonds. The topological polar surface area (TPSA) is 69.5 Å². The normalized spacial score (nSPS) is 17.5. The summed E-state index contributed by atoms with van der Waals surface area (Å²) in [5.74, 6) is 0.257. The Labute approximate surface area is 248 Å². The molecule has 2 heterocycles. The zero-order valence-corrected chi connectivity index (χ0v) is 24.3. The van der Waals surface area contributed by atoms with Gasteiger partial charge in [-0.2, -0.15) is 13.2 Å². The Balaban J connectivity index is 1.11. The van der Waals surface area contributed by atoms with Gasteiger partial charge < -0.3 is 21.3 Å². The first-order valence-corrected chi connectivity index (χ1v) is 14.9. The van der Waals surface area contributed by atoms with Crippen molar-refractivity contribution in [2.24, 2.45) is 5.73 Å². The summed E-state index contributed by atoms with van der Waals surface area (Å²) in [6.45, 7) is 8.40. The van der Waals surface area contributed by atoms with E-state index in [0.717, 1.165) is 59.8 Å². The number of anilines is 2. The monoisotopic (exact) mass is 602 g/mol. The first-order valence-electron chi connectivity index (χ1n) is 13.7. The molecule has 11 heteroatoms. The molecule has 1 atom stereocenters. The van der Waals surface area contributed by atoms with Crippen LogP contribution >= 0.6 is 23.5 Å². The molecule has 41 heavy (non-hydrogen) atoms. The summed E-state index contributed by atoms with van der Waals surface area (Å²) in [6, 6.07) is 17.1. The van der Waals surface area contributed by atoms with Crippen molar-refractivity contribution >= 4 is 40.8 Å². The van der Waals surface area contributed by atoms with Crippen LogP contribution in [0.5, 0.6) is 0 Å². The lowest BCUT2D eigenvalue weighted by Crippen LogP contribution is -2.43. The Morgan fingerprint density at radius 2 is 1.76 bits per heavy atom. The van der Waals surface area contributed by atoms with E-state index in [1.165, 1.54) is 11.1 Å². The van der Waals surface area contributed by atoms with Gasteiger partial charge in [-0.15, -0.1) is 0 Å². The van der Waals surface area contributed by atoms with Crippen LogP contribution in [0.25, 0.3) is 5.70 Å². The lowest BCUT2D eigenvalue weighted by atomic mass is 10.0. The highest BCUT2D eigenvalue weighted by atomic mass is 35.5. The Hall–Kier alpha value is -2.76. The number of hydrogen-bond acceptors (Lipinski definition) is 7. The number of alkyl halides is 3. The number of benzene rings is 2. The Bertz CT molecular complexity index is 1360. The van der Waals surface area contributed by atoms with Crippen LogP contribution in [0.1, 0.15) is 28.7 Å². The maximum Gasteiger partial charge on any atom is 0.416 e. The average molecular weight is 603 g/mol. The second-order valence-electron chi connectivity index (χ2n) is 10.4. The summed E-state index contributed by atoms with van der Waals surface area (Å²) in [6.07, 6.45) is -1.40. The van der Waals surface area contributed by atoms with E-state index in [1.54, 1.807) is 11.9 Å². The molecule has 5 rings (SSSR count). The predicted molar refractivity (Wildman–Crippen MR) is 162 cm³/mol. The van der Waals surface area contributed by atoms with E-state index in [2.05, 4.69) is 56.8 Å². The van der Waals surface area contributed by atoms with Crippen LogP contribution in [0.15, 0.2) is 66.1 Å². The number of nitrogens with two attached hydrogens (primary N) is 1. The number of fused-ring (bicyclic) bond motifs is 1. The van der Waals surface area contributed by atoms with Crippen molar-refractivity contribution in [2.75, 3.05) is 49.5 Å². The van der Waals surface area contributed by atoms with Crippen molar-refractivity contribution in [1.29, 1.82) is 0 Å². The van der Waals surface area contributed by atoms with Crippen LogP contribution in [0.3, 0.4) is 0 Å². The Morgan fingerprint density at radius 1 is 1.02 bits per heavy atom. The minimum atomic E-state index is -4.46. The molecule has 1 aliphatic heterocycles. The molecule has 1 saturated heterocycles. The number of halogens is 4. The standard InChI is InChI=1S/C30H34ClF3N6S/c1-20(21-3-4-22-16-26(17-23(22)15-21)36-10-2-9-35)37-25-5-7-27(8-6-25)41-40-13-11-39(12-14-40)29-19-24(30(32,33)34)18-28(31)38-29/h3-8,15,18-19,26,36-37H,1-2,9-14,16-17,35H2. The SMILES string of the molecule is C=C(Nc1ccc(SN2CCN(c3cc(C(F)(F)F)cc(Cl)n3)CC2)cc1)c1ccc2c(c1)CC(NCCCN)C2. The van der Waals surface area contributed by atoms with Crippen LogP contribution in [0.4, 0.5) is 24.7 Å². The quantitative estimate of drug-likeness (QED) is 0.148. The maximum atomic E-state index is 13.2. The van der Waals surface area contributed by atoms with Gasteiger partial charge in [0.2, 0.25) is 0 Å². The van der Waals surface area contributed by atoms with Crippen molar-refractivity contribution < 1.29 is 13.2 Å². The molecule has 218 valence electrons. The van der Waals surface area contributed by atoms with Crippen molar-refractivity contribution in [2.45, 2.75) is 36.4 Å². The van der Waals surface area contributed by atoms with E-state index in [-0.39, 0.29) is 11.0 Å². The molecular formula is C30H34ClF3N6S. The smallest absolute Gasteiger partial charge is 0.356 e. The van der Waals surface area contributed by atoms with Gasteiger partial charge in [0.1, 0.15) is 11.0 Å². The molecule has 4 N–H and O–H groups in total. The van der Waals surface area contributed by atoms with Gasteiger partial charge in [-0.25, -0.2) is 9.29 Å². The molecule has 0 saturated carbocycles. The predicted octanol–water partition coefficient (Wildman–Crippen LogP) is 6.07. The highest BCUT2D eigenvalue weighted by Crippen LogP contribution is 2.34. The molecule has 1 aromatic heterocycles. The van der Waals surface area contributed by atoms with Crippen molar-refractivity contribution in [1.82, 2.24) is 14.6 Å². The van der Waals surface area contributed by atoms with Gasteiger partial charge in [-0.1, -0.05) is 30.3 Å². The number of rotatable bonds is 10. The maximum absolute atomic E-state index is 13.2. The molecular weight excluding hydrogens is 569 g/mol. The molecule has 0 radical (unpaired) electrons. The minimum Gasteiger partial charge on any atom is -0.356 e. The van der Waals surface area contributed by atoms with Crippen molar-refractivity contribution in [3.05, 3.63) is 88.6 Å². The third kappa shape index (κ3) is 7.75. The second kappa shape index (κ2) is 13.0. The third-order valence-corrected chi connectivity index (χ3v) is 8.66. The number of pyridine rings is 1. The Morgan fingerprint density at radius 3 is 2.46 bits per heavy atom. The van der Waals surface area contributed by atoms with Crippen molar-refractivity contribution in [3.8, 4) is 0 Å². The lowest BCUT2D eigenvalue weighted by Gasteiger charge is -2.34. The van der Waals surface area contributed by atoms with Crippen LogP contribution in [-0.4, -0.2) is 54.6 Å². The van der Waals surface area contributed by atoms with Crippen molar-refractivity contribution in [3.63, 3.8) is 0 Å². The first-order chi connectivity index (χ1) is 19.7. The minimum absolute atomic E-state index is 0.154. The zero-order chi connectivity index (χ0) is 29.0. The Kier molecular flexibility index (Phi) is 9.45. The second-order valence-corrected chi connectivity index (χ2v) is 11.9. The molecule has 3 aromatic rings. The molecule has 1 unspecified atom stereocenters. The number of nitrogens with one attached hydrogen (secondary N) is 2. The molecule has 1 aliphatic carbocycles. The van der Waals surface area contributed by atoms with Crippen LogP contribution in [0, 0.1) is 0 Å². The first kappa shape index (κ1) is 29.7. The zero-order valence-electron chi connectivity index (χ0n) is 22.7. The fourth-order valence-electron chi connectivity index (χ4n) is 5.17. The summed E-state index contributed by atoms with van der Waals surface area (Å²) < 4.78 is 41.7. The molecule has 2 aromatic carbocycles. The van der Waals surface area contributed by atoms with E-state index in [0.29, 0.717) is 38.8 Å². The van der Waals surface area contributed by atoms with Crippen LogP contribution < -0.4 is 21.3 Å². The number of aromatic nitrogens is 1. The fraction of sp³-hybridized carbons (Fsp3) is 0.367. The summed E-state index contributed by atoms with van der Waals surface area (Å²) in [5.41, 5.74) is 10.5.